The van der Waals surface area contributed by atoms with Gasteiger partial charge in [-0.3, -0.25) is 9.59 Å². The van der Waals surface area contributed by atoms with Crippen LogP contribution in [0.2, 0.25) is 11.3 Å². The molecule has 13 heteroatoms. The first kappa shape index (κ1) is 36.1. The van der Waals surface area contributed by atoms with Crippen molar-refractivity contribution in [2.24, 2.45) is 18.9 Å². The van der Waals surface area contributed by atoms with Crippen molar-refractivity contribution in [1.82, 2.24) is 15.1 Å². The van der Waals surface area contributed by atoms with Crippen molar-refractivity contribution in [3.63, 3.8) is 0 Å². The Balaban J connectivity index is 1.70. The van der Waals surface area contributed by atoms with E-state index < -0.39 is 42.7 Å². The van der Waals surface area contributed by atoms with Gasteiger partial charge in [0, 0.05) is 30.6 Å². The van der Waals surface area contributed by atoms with Gasteiger partial charge < -0.3 is 29.4 Å². The third-order valence-corrected chi connectivity index (χ3v) is 7.36. The summed E-state index contributed by atoms with van der Waals surface area (Å²) in [5.74, 6) is -2.54. The van der Waals surface area contributed by atoms with E-state index in [-0.39, 0.29) is 37.4 Å². The third-order valence-electron chi connectivity index (χ3n) is 7.12. The van der Waals surface area contributed by atoms with Gasteiger partial charge in [-0.1, -0.05) is 80.8 Å². The molecule has 0 bridgehead atoms. The molecule has 0 fully saturated rings. The van der Waals surface area contributed by atoms with Crippen LogP contribution >= 0.6 is 11.6 Å². The van der Waals surface area contributed by atoms with Crippen LogP contribution in [0, 0.1) is 11.8 Å². The number of amides is 1. The normalized spacial score (nSPS) is 12.8. The van der Waals surface area contributed by atoms with Crippen LogP contribution in [0.15, 0.2) is 67.3 Å². The molecule has 3 atom stereocenters. The lowest BCUT2D eigenvalue weighted by Gasteiger charge is -2.21. The minimum Gasteiger partial charge on any atom is -0.474 e. The minimum absolute atomic E-state index is 0.0818. The van der Waals surface area contributed by atoms with Crippen molar-refractivity contribution in [3.8, 4) is 17.0 Å². The Kier molecular flexibility index (Phi) is 14.0. The molecule has 11 nitrogen and oxygen atoms in total. The zero-order chi connectivity index (χ0) is 33.6. The van der Waals surface area contributed by atoms with Crippen molar-refractivity contribution < 1.29 is 38.5 Å². The second-order valence-corrected chi connectivity index (χ2v) is 11.4. The van der Waals surface area contributed by atoms with E-state index in [4.69, 9.17) is 25.8 Å². The Morgan fingerprint density at radius 3 is 2.46 bits per heavy atom. The molecule has 243 valence electrons. The summed E-state index contributed by atoms with van der Waals surface area (Å²) >= 11 is 6.14. The quantitative estimate of drug-likeness (QED) is 0.0685. The predicted molar refractivity (Wildman–Crippen MR) is 174 cm³/mol. The highest BCUT2D eigenvalue weighted by molar-refractivity contribution is 6.66. The van der Waals surface area contributed by atoms with Gasteiger partial charge in [0.2, 0.25) is 12.7 Å². The van der Waals surface area contributed by atoms with Crippen molar-refractivity contribution in [3.05, 3.63) is 83.5 Å². The van der Waals surface area contributed by atoms with Crippen molar-refractivity contribution in [2.75, 3.05) is 13.4 Å². The van der Waals surface area contributed by atoms with Crippen LogP contribution in [0.1, 0.15) is 36.3 Å². The monoisotopic (exact) mass is 650 g/mol. The minimum atomic E-state index is -1.64. The van der Waals surface area contributed by atoms with Gasteiger partial charge in [-0.05, 0) is 41.2 Å². The molecule has 3 aromatic rings. The molecule has 0 saturated heterocycles. The molecule has 3 rings (SSSR count). The van der Waals surface area contributed by atoms with E-state index in [0.29, 0.717) is 17.1 Å². The standard InChI is InChI=1S/C33H38BClN3O8/c1-5-13-44-30-17-28(37-38(30)4)31(41)36-26(14-22-9-11-23(12-10-22)24-7-6-8-25(35)15-24)16-29(40)33(43)46-20-45-32(42)27(21(2)3)18-34-19-39/h5-12,15,17,19,21,26-27,29,40H,1,13-14,16,18,20H2,2-4H3,(H,36,41)/t26-,27+,29-/m1/s1. The van der Waals surface area contributed by atoms with E-state index in [2.05, 4.69) is 17.0 Å². The van der Waals surface area contributed by atoms with Crippen molar-refractivity contribution in [1.29, 1.82) is 0 Å². The van der Waals surface area contributed by atoms with Gasteiger partial charge in [-0.15, -0.1) is 0 Å². The van der Waals surface area contributed by atoms with Gasteiger partial charge in [-0.25, -0.2) is 9.48 Å². The van der Waals surface area contributed by atoms with Crippen LogP contribution in [0.3, 0.4) is 0 Å². The lowest BCUT2D eigenvalue weighted by molar-refractivity contribution is -0.176. The Morgan fingerprint density at radius 1 is 1.09 bits per heavy atom. The third kappa shape index (κ3) is 10.9. The summed E-state index contributed by atoms with van der Waals surface area (Å²) in [5, 5.41) is 18.4. The van der Waals surface area contributed by atoms with E-state index in [1.54, 1.807) is 33.0 Å². The number of benzene rings is 2. The van der Waals surface area contributed by atoms with Crippen LogP contribution in [0.25, 0.3) is 11.1 Å². The lowest BCUT2D eigenvalue weighted by Crippen LogP contribution is -2.41. The number of rotatable bonds is 18. The SMILES string of the molecule is C=CCOc1cc(C(=O)N[C@H](Cc2ccc(-c3cccc(Cl)c3)cc2)C[C@@H](O)C(=O)OCOC(=O)[C@@H](C[B]C=O)C(C)C)nn1C. The van der Waals surface area contributed by atoms with Gasteiger partial charge in [-0.2, -0.15) is 5.10 Å². The summed E-state index contributed by atoms with van der Waals surface area (Å²) in [5.41, 5.74) is 2.79. The van der Waals surface area contributed by atoms with Crippen LogP contribution < -0.4 is 10.1 Å². The second kappa shape index (κ2) is 17.9. The first-order valence-corrected chi connectivity index (χ1v) is 15.1. The van der Waals surface area contributed by atoms with Crippen molar-refractivity contribution in [2.45, 2.75) is 45.2 Å². The smallest absolute Gasteiger partial charge is 0.337 e. The first-order valence-electron chi connectivity index (χ1n) is 14.7. The molecule has 0 aliphatic carbocycles. The summed E-state index contributed by atoms with van der Waals surface area (Å²) in [4.78, 5) is 48.9. The molecule has 2 N–H and O–H groups in total. The molecule has 1 aromatic heterocycles. The average molecular weight is 651 g/mol. The number of hydrogen-bond donors (Lipinski definition) is 2. The summed E-state index contributed by atoms with van der Waals surface area (Å²) in [6.45, 7) is 6.74. The maximum Gasteiger partial charge on any atom is 0.337 e. The number of esters is 2. The zero-order valence-electron chi connectivity index (χ0n) is 26.1. The highest BCUT2D eigenvalue weighted by atomic mass is 35.5. The number of nitrogens with one attached hydrogen (secondary N) is 1. The molecule has 1 heterocycles. The first-order chi connectivity index (χ1) is 22.0. The van der Waals surface area contributed by atoms with Gasteiger partial charge in [0.15, 0.2) is 19.1 Å². The number of aromatic nitrogens is 2. The largest absolute Gasteiger partial charge is 0.474 e. The van der Waals surface area contributed by atoms with Crippen LogP contribution in [-0.2, 0) is 37.3 Å². The van der Waals surface area contributed by atoms with Gasteiger partial charge in [0.1, 0.15) is 6.61 Å². The number of aliphatic hydroxyl groups excluding tert-OH is 1. The zero-order valence-corrected chi connectivity index (χ0v) is 26.8. The molecule has 0 saturated carbocycles. The Bertz CT molecular complexity index is 1490. The maximum absolute atomic E-state index is 13.2. The maximum atomic E-state index is 13.2. The van der Waals surface area contributed by atoms with E-state index in [9.17, 15) is 24.3 Å². The number of hydrogen-bond acceptors (Lipinski definition) is 9. The van der Waals surface area contributed by atoms with Gasteiger partial charge in [0.25, 0.3) is 5.91 Å². The van der Waals surface area contributed by atoms with Crippen LogP contribution in [0.5, 0.6) is 5.88 Å². The number of nitrogens with zero attached hydrogens (tertiary/aromatic N) is 2. The Hall–Kier alpha value is -4.42. The van der Waals surface area contributed by atoms with Crippen molar-refractivity contribution >= 4 is 42.9 Å². The molecule has 0 unspecified atom stereocenters. The average Bonchev–Trinajstić information content (AvgIpc) is 3.40. The fraction of sp³-hybridized carbons (Fsp3) is 0.364. The summed E-state index contributed by atoms with van der Waals surface area (Å²) in [6, 6.07) is 15.8. The molecule has 1 radical (unpaired) electrons. The molecule has 0 spiro atoms. The molecular weight excluding hydrogens is 613 g/mol. The molecule has 0 aliphatic rings. The number of carbonyl (C=O) groups excluding carboxylic acids is 4. The van der Waals surface area contributed by atoms with Crippen LogP contribution in [0.4, 0.5) is 0 Å². The summed E-state index contributed by atoms with van der Waals surface area (Å²) < 4.78 is 17.0. The number of aryl methyl sites for hydroxylation is 1. The topological polar surface area (TPSA) is 146 Å². The van der Waals surface area contributed by atoms with Gasteiger partial charge in [0.05, 0.1) is 12.1 Å². The van der Waals surface area contributed by atoms with Gasteiger partial charge >= 0.3 is 11.9 Å². The fourth-order valence-corrected chi connectivity index (χ4v) is 4.83. The number of aliphatic hydroxyl groups is 1. The van der Waals surface area contributed by atoms with E-state index in [1.807, 2.05) is 42.5 Å². The second-order valence-electron chi connectivity index (χ2n) is 10.9. The van der Waals surface area contributed by atoms with E-state index >= 15 is 0 Å². The fourth-order valence-electron chi connectivity index (χ4n) is 4.64. The summed E-state index contributed by atoms with van der Waals surface area (Å²) in [7, 11) is 2.95. The predicted octanol–water partition coefficient (Wildman–Crippen LogP) is 4.03. The number of halogens is 1. The van der Waals surface area contributed by atoms with E-state index in [1.165, 1.54) is 18.0 Å². The molecule has 0 aliphatic heterocycles. The molecule has 1 amide bonds. The number of carbonyl (C=O) groups is 4. The highest BCUT2D eigenvalue weighted by Gasteiger charge is 2.27. The van der Waals surface area contributed by atoms with Crippen LogP contribution in [-0.4, -0.2) is 71.7 Å². The highest BCUT2D eigenvalue weighted by Crippen LogP contribution is 2.24. The molecular formula is C33H38BClN3O8. The Morgan fingerprint density at radius 2 is 1.80 bits per heavy atom. The van der Waals surface area contributed by atoms with E-state index in [0.717, 1.165) is 16.7 Å². The summed E-state index contributed by atoms with van der Waals surface area (Å²) in [6.07, 6.45) is 0.772. The molecule has 46 heavy (non-hydrogen) atoms. The molecule has 2 aromatic carbocycles. The lowest BCUT2D eigenvalue weighted by atomic mass is 9.69. The number of ether oxygens (including phenoxy) is 3. The Labute approximate surface area is 274 Å².